The van der Waals surface area contributed by atoms with E-state index in [9.17, 15) is 0 Å². The van der Waals surface area contributed by atoms with Crippen molar-refractivity contribution in [2.24, 2.45) is 5.73 Å². The van der Waals surface area contributed by atoms with Crippen LogP contribution in [0.2, 0.25) is 0 Å². The van der Waals surface area contributed by atoms with E-state index in [4.69, 9.17) is 5.73 Å². The second-order valence-electron chi connectivity index (χ2n) is 3.43. The van der Waals surface area contributed by atoms with Crippen molar-refractivity contribution >= 4 is 21.4 Å². The minimum Gasteiger partial charge on any atom is -0.318 e. The summed E-state index contributed by atoms with van der Waals surface area (Å²) in [6.45, 7) is 2.05. The standard InChI is InChI=1S/C13H13NS/c1-2-12(14)7-6-10-4-3-5-11-8-9-15-13(10)11/h3-5,8-9,12H,2,14H2,1H3. The third-order valence-corrected chi connectivity index (χ3v) is 3.27. The van der Waals surface area contributed by atoms with Gasteiger partial charge in [-0.15, -0.1) is 11.3 Å². The van der Waals surface area contributed by atoms with Crippen molar-refractivity contribution < 1.29 is 0 Å². The lowest BCUT2D eigenvalue weighted by Crippen LogP contribution is -2.15. The van der Waals surface area contributed by atoms with E-state index in [0.29, 0.717) is 0 Å². The molecule has 0 saturated carbocycles. The third kappa shape index (κ3) is 2.20. The van der Waals surface area contributed by atoms with E-state index in [1.165, 1.54) is 10.1 Å². The van der Waals surface area contributed by atoms with Crippen LogP contribution in [0.15, 0.2) is 29.6 Å². The van der Waals surface area contributed by atoms with Gasteiger partial charge in [0, 0.05) is 10.3 Å². The largest absolute Gasteiger partial charge is 0.318 e. The van der Waals surface area contributed by atoms with Crippen molar-refractivity contribution in [3.05, 3.63) is 35.2 Å². The molecule has 2 N–H and O–H groups in total. The highest BCUT2D eigenvalue weighted by atomic mass is 32.1. The Kier molecular flexibility index (Phi) is 3.05. The zero-order chi connectivity index (χ0) is 10.7. The molecule has 0 saturated heterocycles. The topological polar surface area (TPSA) is 26.0 Å². The number of fused-ring (bicyclic) bond motifs is 1. The molecule has 1 heterocycles. The first-order valence-electron chi connectivity index (χ1n) is 5.04. The van der Waals surface area contributed by atoms with Gasteiger partial charge in [0.15, 0.2) is 0 Å². The van der Waals surface area contributed by atoms with E-state index in [1.807, 2.05) is 19.1 Å². The van der Waals surface area contributed by atoms with Crippen molar-refractivity contribution in [1.82, 2.24) is 0 Å². The van der Waals surface area contributed by atoms with Crippen molar-refractivity contribution in [3.8, 4) is 11.8 Å². The van der Waals surface area contributed by atoms with E-state index in [2.05, 4.69) is 29.4 Å². The van der Waals surface area contributed by atoms with E-state index < -0.39 is 0 Å². The smallest absolute Gasteiger partial charge is 0.0665 e. The second-order valence-corrected chi connectivity index (χ2v) is 4.34. The minimum absolute atomic E-state index is 0.0137. The van der Waals surface area contributed by atoms with E-state index in [0.717, 1.165) is 12.0 Å². The maximum Gasteiger partial charge on any atom is 0.0665 e. The molecule has 0 bridgehead atoms. The zero-order valence-corrected chi connectivity index (χ0v) is 9.47. The number of thiophene rings is 1. The molecule has 2 rings (SSSR count). The molecule has 15 heavy (non-hydrogen) atoms. The summed E-state index contributed by atoms with van der Waals surface area (Å²) in [6, 6.07) is 8.30. The Morgan fingerprint density at radius 2 is 2.27 bits per heavy atom. The molecule has 1 aromatic carbocycles. The lowest BCUT2D eigenvalue weighted by atomic mass is 10.1. The lowest BCUT2D eigenvalue weighted by molar-refractivity contribution is 0.806. The minimum atomic E-state index is -0.0137. The van der Waals surface area contributed by atoms with Gasteiger partial charge >= 0.3 is 0 Å². The molecule has 1 nitrogen and oxygen atoms in total. The molecule has 1 aromatic heterocycles. The molecule has 2 heteroatoms. The summed E-state index contributed by atoms with van der Waals surface area (Å²) >= 11 is 1.73. The fraction of sp³-hybridized carbons (Fsp3) is 0.231. The summed E-state index contributed by atoms with van der Waals surface area (Å²) in [5.74, 6) is 6.22. The van der Waals surface area contributed by atoms with Gasteiger partial charge in [0.1, 0.15) is 0 Å². The summed E-state index contributed by atoms with van der Waals surface area (Å²) in [5, 5.41) is 3.35. The Bertz CT molecular complexity index is 516. The van der Waals surface area contributed by atoms with Gasteiger partial charge in [-0.3, -0.25) is 0 Å². The normalized spacial score (nSPS) is 12.1. The van der Waals surface area contributed by atoms with Crippen LogP contribution in [0.5, 0.6) is 0 Å². The van der Waals surface area contributed by atoms with Crippen LogP contribution in [0.25, 0.3) is 10.1 Å². The highest BCUT2D eigenvalue weighted by Gasteiger charge is 1.98. The Hall–Kier alpha value is -1.30. The number of hydrogen-bond donors (Lipinski definition) is 1. The summed E-state index contributed by atoms with van der Waals surface area (Å²) in [6.07, 6.45) is 0.896. The molecule has 0 aliphatic carbocycles. The van der Waals surface area contributed by atoms with Gasteiger partial charge in [-0.1, -0.05) is 30.9 Å². The van der Waals surface area contributed by atoms with Gasteiger partial charge in [-0.05, 0) is 29.3 Å². The lowest BCUT2D eigenvalue weighted by Gasteiger charge is -1.96. The number of rotatable bonds is 1. The summed E-state index contributed by atoms with van der Waals surface area (Å²) in [7, 11) is 0. The molecule has 0 radical (unpaired) electrons. The van der Waals surface area contributed by atoms with Crippen molar-refractivity contribution in [2.45, 2.75) is 19.4 Å². The summed E-state index contributed by atoms with van der Waals surface area (Å²) in [5.41, 5.74) is 6.86. The van der Waals surface area contributed by atoms with E-state index in [-0.39, 0.29) is 6.04 Å². The van der Waals surface area contributed by atoms with Gasteiger partial charge in [0.25, 0.3) is 0 Å². The molecule has 0 spiro atoms. The predicted octanol–water partition coefficient (Wildman–Crippen LogP) is 2.99. The molecular formula is C13H13NS. The van der Waals surface area contributed by atoms with Crippen LogP contribution >= 0.6 is 11.3 Å². The van der Waals surface area contributed by atoms with Crippen molar-refractivity contribution in [2.75, 3.05) is 0 Å². The SMILES string of the molecule is CCC(N)C#Cc1cccc2ccsc12. The molecular weight excluding hydrogens is 202 g/mol. The zero-order valence-electron chi connectivity index (χ0n) is 8.66. The molecule has 0 fully saturated rings. The quantitative estimate of drug-likeness (QED) is 0.727. The summed E-state index contributed by atoms with van der Waals surface area (Å²) < 4.78 is 1.26. The highest BCUT2D eigenvalue weighted by Crippen LogP contribution is 2.23. The average molecular weight is 215 g/mol. The van der Waals surface area contributed by atoms with Crippen LogP contribution in [0.1, 0.15) is 18.9 Å². The van der Waals surface area contributed by atoms with Crippen LogP contribution in [0.3, 0.4) is 0 Å². The van der Waals surface area contributed by atoms with Crippen LogP contribution in [-0.2, 0) is 0 Å². The third-order valence-electron chi connectivity index (χ3n) is 2.31. The molecule has 0 amide bonds. The Morgan fingerprint density at radius 1 is 1.40 bits per heavy atom. The molecule has 76 valence electrons. The predicted molar refractivity (Wildman–Crippen MR) is 67.0 cm³/mol. The number of nitrogens with two attached hydrogens (primary N) is 1. The van der Waals surface area contributed by atoms with E-state index >= 15 is 0 Å². The Balaban J connectivity index is 2.42. The molecule has 1 unspecified atom stereocenters. The van der Waals surface area contributed by atoms with Crippen LogP contribution in [0, 0.1) is 11.8 Å². The van der Waals surface area contributed by atoms with Crippen molar-refractivity contribution in [3.63, 3.8) is 0 Å². The van der Waals surface area contributed by atoms with Gasteiger partial charge in [0.05, 0.1) is 6.04 Å². The fourth-order valence-corrected chi connectivity index (χ4v) is 2.23. The van der Waals surface area contributed by atoms with E-state index in [1.54, 1.807) is 11.3 Å². The molecule has 0 aliphatic heterocycles. The first-order valence-corrected chi connectivity index (χ1v) is 5.92. The summed E-state index contributed by atoms with van der Waals surface area (Å²) in [4.78, 5) is 0. The molecule has 2 aromatic rings. The maximum absolute atomic E-state index is 5.77. The molecule has 0 aliphatic rings. The second kappa shape index (κ2) is 4.48. The first-order chi connectivity index (χ1) is 7.31. The van der Waals surface area contributed by atoms with Gasteiger partial charge in [-0.25, -0.2) is 0 Å². The van der Waals surface area contributed by atoms with Gasteiger partial charge in [-0.2, -0.15) is 0 Å². The average Bonchev–Trinajstić information content (AvgIpc) is 2.74. The van der Waals surface area contributed by atoms with Crippen molar-refractivity contribution in [1.29, 1.82) is 0 Å². The number of benzene rings is 1. The van der Waals surface area contributed by atoms with Gasteiger partial charge in [0.2, 0.25) is 0 Å². The van der Waals surface area contributed by atoms with Crippen LogP contribution in [-0.4, -0.2) is 6.04 Å². The Morgan fingerprint density at radius 3 is 3.07 bits per heavy atom. The highest BCUT2D eigenvalue weighted by molar-refractivity contribution is 7.17. The van der Waals surface area contributed by atoms with Gasteiger partial charge < -0.3 is 5.73 Å². The van der Waals surface area contributed by atoms with Crippen LogP contribution < -0.4 is 5.73 Å². The van der Waals surface area contributed by atoms with Crippen LogP contribution in [0.4, 0.5) is 0 Å². The fourth-order valence-electron chi connectivity index (χ4n) is 1.36. The molecule has 1 atom stereocenters. The first kappa shape index (κ1) is 10.2. The maximum atomic E-state index is 5.77. The monoisotopic (exact) mass is 215 g/mol. The Labute approximate surface area is 93.9 Å². The number of hydrogen-bond acceptors (Lipinski definition) is 2.